The van der Waals surface area contributed by atoms with Crippen LogP contribution in [0.2, 0.25) is 0 Å². The quantitative estimate of drug-likeness (QED) is 0.778. The molecule has 28 heavy (non-hydrogen) atoms. The molecule has 1 fully saturated rings. The molecule has 1 aromatic heterocycles. The third-order valence-corrected chi connectivity index (χ3v) is 5.37. The smallest absolute Gasteiger partial charge is 0.409 e. The number of carbonyl (C=O) groups is 2. The second-order valence-electron chi connectivity index (χ2n) is 7.25. The van der Waals surface area contributed by atoms with Gasteiger partial charge in [0.2, 0.25) is 5.91 Å². The predicted molar refractivity (Wildman–Crippen MR) is 103 cm³/mol. The number of carbonyl (C=O) groups excluding carboxylic acids is 2. The molecule has 2 amide bonds. The normalized spacial score (nSPS) is 17.9. The first-order valence-electron chi connectivity index (χ1n) is 10.0. The highest BCUT2D eigenvalue weighted by molar-refractivity contribution is 5.78. The van der Waals surface area contributed by atoms with Crippen molar-refractivity contribution in [1.82, 2.24) is 24.7 Å². The Kier molecular flexibility index (Phi) is 6.66. The fourth-order valence-electron chi connectivity index (χ4n) is 3.77. The summed E-state index contributed by atoms with van der Waals surface area (Å²) >= 11 is 0. The molecule has 1 N–H and O–H groups in total. The number of nitrogens with zero attached hydrogens (tertiary/aromatic N) is 4. The van der Waals surface area contributed by atoms with E-state index in [2.05, 4.69) is 10.3 Å². The third kappa shape index (κ3) is 4.70. The van der Waals surface area contributed by atoms with E-state index in [0.29, 0.717) is 45.8 Å². The van der Waals surface area contributed by atoms with E-state index in [1.54, 1.807) is 22.7 Å². The molecule has 154 valence electrons. The van der Waals surface area contributed by atoms with Gasteiger partial charge in [-0.1, -0.05) is 0 Å². The van der Waals surface area contributed by atoms with E-state index in [0.717, 1.165) is 24.1 Å². The van der Waals surface area contributed by atoms with Gasteiger partial charge in [-0.3, -0.25) is 19.1 Å². The van der Waals surface area contributed by atoms with Crippen molar-refractivity contribution < 1.29 is 14.3 Å². The highest BCUT2D eigenvalue weighted by Crippen LogP contribution is 2.14. The summed E-state index contributed by atoms with van der Waals surface area (Å²) in [5, 5.41) is 3.07. The molecule has 0 saturated carbocycles. The van der Waals surface area contributed by atoms with Gasteiger partial charge in [-0.15, -0.1) is 0 Å². The minimum atomic E-state index is -0.283. The Balaban J connectivity index is 1.47. The van der Waals surface area contributed by atoms with E-state index in [9.17, 15) is 14.4 Å². The van der Waals surface area contributed by atoms with Crippen molar-refractivity contribution in [2.75, 3.05) is 32.8 Å². The lowest BCUT2D eigenvalue weighted by molar-refractivity contribution is -0.123. The van der Waals surface area contributed by atoms with Crippen molar-refractivity contribution in [2.45, 2.75) is 52.2 Å². The van der Waals surface area contributed by atoms with E-state index in [1.165, 1.54) is 0 Å². The fourth-order valence-corrected chi connectivity index (χ4v) is 3.77. The Hall–Kier alpha value is -2.42. The summed E-state index contributed by atoms with van der Waals surface area (Å²) in [7, 11) is 0. The van der Waals surface area contributed by atoms with Crippen LogP contribution >= 0.6 is 0 Å². The molecule has 0 spiro atoms. The number of likely N-dealkylation sites (tertiary alicyclic amines) is 1. The number of hydrogen-bond donors (Lipinski definition) is 1. The minimum absolute atomic E-state index is 0.0278. The second kappa shape index (κ2) is 9.18. The monoisotopic (exact) mass is 391 g/mol. The molecule has 0 aliphatic carbocycles. The van der Waals surface area contributed by atoms with E-state index < -0.39 is 0 Å². The van der Waals surface area contributed by atoms with Gasteiger partial charge < -0.3 is 15.0 Å². The number of rotatable bonds is 5. The van der Waals surface area contributed by atoms with Crippen LogP contribution in [0.25, 0.3) is 0 Å². The van der Waals surface area contributed by atoms with Crippen LogP contribution in [0.15, 0.2) is 11.1 Å². The van der Waals surface area contributed by atoms with Crippen molar-refractivity contribution in [3.05, 3.63) is 27.9 Å². The standard InChI is InChI=1S/C19H29N5O4/c1-3-23-13-20-16-11-22(8-7-15(16)18(23)26)12-17(25)21-14-5-9-24(10-6-14)19(27)28-4-2/h13-14H,3-12H2,1-2H3,(H,21,25). The molecule has 3 heterocycles. The Morgan fingerprint density at radius 3 is 2.68 bits per heavy atom. The summed E-state index contributed by atoms with van der Waals surface area (Å²) < 4.78 is 6.63. The summed E-state index contributed by atoms with van der Waals surface area (Å²) in [5.74, 6) is -0.0278. The summed E-state index contributed by atoms with van der Waals surface area (Å²) in [5.41, 5.74) is 1.58. The predicted octanol–water partition coefficient (Wildman–Crippen LogP) is 0.358. The zero-order valence-corrected chi connectivity index (χ0v) is 16.6. The van der Waals surface area contributed by atoms with Gasteiger partial charge in [0.15, 0.2) is 0 Å². The van der Waals surface area contributed by atoms with Gasteiger partial charge >= 0.3 is 6.09 Å². The maximum Gasteiger partial charge on any atom is 0.409 e. The fraction of sp³-hybridized carbons (Fsp3) is 0.684. The number of aryl methyl sites for hydroxylation is 1. The highest BCUT2D eigenvalue weighted by atomic mass is 16.6. The molecular weight excluding hydrogens is 362 g/mol. The van der Waals surface area contributed by atoms with Crippen molar-refractivity contribution >= 4 is 12.0 Å². The molecule has 9 nitrogen and oxygen atoms in total. The summed E-state index contributed by atoms with van der Waals surface area (Å²) in [6.07, 6.45) is 3.38. The van der Waals surface area contributed by atoms with Crippen LogP contribution in [0, 0.1) is 0 Å². The number of nitrogens with one attached hydrogen (secondary N) is 1. The second-order valence-corrected chi connectivity index (χ2v) is 7.25. The summed E-state index contributed by atoms with van der Waals surface area (Å²) in [6.45, 7) is 7.36. The number of aromatic nitrogens is 2. The molecule has 0 radical (unpaired) electrons. The number of ether oxygens (including phenoxy) is 1. The number of hydrogen-bond acceptors (Lipinski definition) is 6. The maximum absolute atomic E-state index is 12.4. The van der Waals surface area contributed by atoms with Crippen molar-refractivity contribution in [3.8, 4) is 0 Å². The molecule has 2 aliphatic heterocycles. The molecule has 1 saturated heterocycles. The van der Waals surface area contributed by atoms with Crippen molar-refractivity contribution in [3.63, 3.8) is 0 Å². The lowest BCUT2D eigenvalue weighted by atomic mass is 10.0. The molecule has 0 bridgehead atoms. The molecule has 0 atom stereocenters. The topological polar surface area (TPSA) is 96.8 Å². The Bertz CT molecular complexity index is 770. The van der Waals surface area contributed by atoms with Crippen LogP contribution in [-0.4, -0.2) is 70.2 Å². The SMILES string of the molecule is CCOC(=O)N1CCC(NC(=O)CN2CCc3c(ncn(CC)c3=O)C2)CC1. The zero-order chi connectivity index (χ0) is 20.1. The Morgan fingerprint density at radius 2 is 2.00 bits per heavy atom. The summed E-state index contributed by atoms with van der Waals surface area (Å²) in [4.78, 5) is 44.6. The van der Waals surface area contributed by atoms with Crippen LogP contribution in [0.4, 0.5) is 4.79 Å². The van der Waals surface area contributed by atoms with E-state index in [4.69, 9.17) is 4.74 Å². The van der Waals surface area contributed by atoms with Crippen molar-refractivity contribution in [2.24, 2.45) is 0 Å². The molecule has 3 rings (SSSR count). The lowest BCUT2D eigenvalue weighted by Crippen LogP contribution is -2.49. The Morgan fingerprint density at radius 1 is 1.25 bits per heavy atom. The van der Waals surface area contributed by atoms with E-state index in [1.807, 2.05) is 11.8 Å². The lowest BCUT2D eigenvalue weighted by Gasteiger charge is -2.32. The number of amides is 2. The van der Waals surface area contributed by atoms with Gasteiger partial charge in [-0.2, -0.15) is 0 Å². The first kappa shape index (κ1) is 20.3. The largest absolute Gasteiger partial charge is 0.450 e. The zero-order valence-electron chi connectivity index (χ0n) is 16.6. The summed E-state index contributed by atoms with van der Waals surface area (Å²) in [6, 6.07) is 0.0742. The molecule has 0 aromatic carbocycles. The molecule has 1 aromatic rings. The average molecular weight is 391 g/mol. The van der Waals surface area contributed by atoms with Crippen LogP contribution in [0.3, 0.4) is 0 Å². The Labute approximate surface area is 164 Å². The molecule has 2 aliphatic rings. The van der Waals surface area contributed by atoms with Gasteiger partial charge in [0, 0.05) is 44.3 Å². The van der Waals surface area contributed by atoms with Gasteiger partial charge in [0.1, 0.15) is 0 Å². The van der Waals surface area contributed by atoms with Crippen LogP contribution < -0.4 is 10.9 Å². The minimum Gasteiger partial charge on any atom is -0.450 e. The van der Waals surface area contributed by atoms with E-state index in [-0.39, 0.29) is 30.1 Å². The van der Waals surface area contributed by atoms with Gasteiger partial charge in [-0.05, 0) is 33.1 Å². The van der Waals surface area contributed by atoms with Crippen LogP contribution in [-0.2, 0) is 29.0 Å². The maximum atomic E-state index is 12.4. The third-order valence-electron chi connectivity index (χ3n) is 5.37. The van der Waals surface area contributed by atoms with Crippen LogP contribution in [0.1, 0.15) is 37.9 Å². The number of piperidine rings is 1. The average Bonchev–Trinajstić information content (AvgIpc) is 2.69. The van der Waals surface area contributed by atoms with Crippen molar-refractivity contribution in [1.29, 1.82) is 0 Å². The highest BCUT2D eigenvalue weighted by Gasteiger charge is 2.26. The molecular formula is C19H29N5O4. The molecule has 0 unspecified atom stereocenters. The van der Waals surface area contributed by atoms with Gasteiger partial charge in [0.25, 0.3) is 5.56 Å². The van der Waals surface area contributed by atoms with Gasteiger partial charge in [-0.25, -0.2) is 9.78 Å². The first-order valence-corrected chi connectivity index (χ1v) is 10.0. The molecule has 9 heteroatoms. The number of fused-ring (bicyclic) bond motifs is 1. The van der Waals surface area contributed by atoms with Crippen LogP contribution in [0.5, 0.6) is 0 Å². The van der Waals surface area contributed by atoms with E-state index >= 15 is 0 Å². The van der Waals surface area contributed by atoms with Gasteiger partial charge in [0.05, 0.1) is 25.2 Å². The first-order chi connectivity index (χ1) is 13.5.